The number of anilines is 1. The standard InChI is InChI=1S/C34H45N7O2S/c1-22-30(23(2)41(40-22)21-43-17-18-44(3,4)5)25-12-14-28(15-13-25)36-34(42)32(31(26-8-9-26)27-10-11-27)33-37-29(38-39-33)19-24-7-6-16-35-20-24/h6-7,12-16,20,26-27,31-32H,8-11,17-19,21H2,1-5H3,(H,36,42)(H,37,38,39). The lowest BCUT2D eigenvalue weighted by atomic mass is 9.82. The number of carbonyl (C=O) groups is 1. The summed E-state index contributed by atoms with van der Waals surface area (Å²) in [7, 11) is -0.582. The maximum absolute atomic E-state index is 14.0. The molecule has 1 atom stereocenters. The van der Waals surface area contributed by atoms with Crippen LogP contribution in [0, 0.1) is 31.6 Å². The summed E-state index contributed by atoms with van der Waals surface area (Å²) < 4.78 is 7.90. The first-order chi connectivity index (χ1) is 21.2. The number of aromatic amines is 1. The van der Waals surface area contributed by atoms with E-state index >= 15 is 0 Å². The maximum atomic E-state index is 14.0. The Labute approximate surface area is 261 Å². The molecule has 0 bridgehead atoms. The lowest BCUT2D eigenvalue weighted by molar-refractivity contribution is -0.119. The molecule has 234 valence electrons. The first-order valence-corrected chi connectivity index (χ1v) is 18.7. The molecule has 2 saturated carbocycles. The fourth-order valence-corrected chi connectivity index (χ4v) is 6.84. The number of rotatable bonds is 14. The Balaban J connectivity index is 1.16. The molecule has 0 aliphatic heterocycles. The second kappa shape index (κ2) is 12.9. The smallest absolute Gasteiger partial charge is 0.235 e. The molecular weight excluding hydrogens is 570 g/mol. The molecule has 2 fully saturated rings. The summed E-state index contributed by atoms with van der Waals surface area (Å²) in [5, 5.41) is 15.7. The second-order valence-electron chi connectivity index (χ2n) is 13.4. The largest absolute Gasteiger partial charge is 0.358 e. The van der Waals surface area contributed by atoms with Gasteiger partial charge in [0.15, 0.2) is 5.82 Å². The van der Waals surface area contributed by atoms with Crippen LogP contribution < -0.4 is 5.32 Å². The number of aromatic nitrogens is 6. The van der Waals surface area contributed by atoms with Gasteiger partial charge in [0.1, 0.15) is 18.5 Å². The zero-order valence-corrected chi connectivity index (χ0v) is 27.4. The van der Waals surface area contributed by atoms with Crippen LogP contribution in [0.5, 0.6) is 0 Å². The Bertz CT molecular complexity index is 1560. The molecular formula is C34H45N7O2S. The molecule has 2 aliphatic rings. The van der Waals surface area contributed by atoms with E-state index in [9.17, 15) is 4.79 Å². The Morgan fingerprint density at radius 3 is 2.45 bits per heavy atom. The fourth-order valence-electron chi connectivity index (χ4n) is 6.22. The number of amides is 1. The van der Waals surface area contributed by atoms with Crippen molar-refractivity contribution in [1.29, 1.82) is 0 Å². The van der Waals surface area contributed by atoms with Crippen molar-refractivity contribution in [2.75, 3.05) is 36.4 Å². The molecule has 2 N–H and O–H groups in total. The predicted octanol–water partition coefficient (Wildman–Crippen LogP) is 6.10. The monoisotopic (exact) mass is 615 g/mol. The molecule has 2 aliphatic carbocycles. The highest BCUT2D eigenvalue weighted by atomic mass is 32.3. The van der Waals surface area contributed by atoms with Gasteiger partial charge in [0, 0.05) is 41.5 Å². The average Bonchev–Trinajstić information content (AvgIpc) is 3.93. The van der Waals surface area contributed by atoms with Gasteiger partial charge in [-0.3, -0.25) is 14.9 Å². The Morgan fingerprint density at radius 1 is 1.09 bits per heavy atom. The van der Waals surface area contributed by atoms with E-state index in [0.717, 1.165) is 51.9 Å². The lowest BCUT2D eigenvalue weighted by Gasteiger charge is -2.24. The molecule has 4 aromatic rings. The van der Waals surface area contributed by atoms with Crippen LogP contribution in [0.3, 0.4) is 0 Å². The minimum absolute atomic E-state index is 0.0251. The van der Waals surface area contributed by atoms with Crippen LogP contribution in [-0.2, 0) is 22.7 Å². The molecule has 10 heteroatoms. The quantitative estimate of drug-likeness (QED) is 0.166. The van der Waals surface area contributed by atoms with Crippen molar-refractivity contribution in [2.24, 2.45) is 17.8 Å². The van der Waals surface area contributed by atoms with Crippen molar-refractivity contribution in [2.45, 2.75) is 58.6 Å². The van der Waals surface area contributed by atoms with E-state index in [1.807, 2.05) is 42.1 Å². The zero-order chi connectivity index (χ0) is 30.8. The van der Waals surface area contributed by atoms with Crippen molar-refractivity contribution in [3.05, 3.63) is 77.4 Å². The van der Waals surface area contributed by atoms with Gasteiger partial charge >= 0.3 is 0 Å². The number of nitrogens with zero attached hydrogens (tertiary/aromatic N) is 5. The first kappa shape index (κ1) is 30.5. The Morgan fingerprint density at radius 2 is 1.82 bits per heavy atom. The third-order valence-electron chi connectivity index (χ3n) is 8.80. The van der Waals surface area contributed by atoms with Gasteiger partial charge in [0.25, 0.3) is 0 Å². The van der Waals surface area contributed by atoms with Gasteiger partial charge in [-0.05, 0) is 105 Å². The van der Waals surface area contributed by atoms with Crippen molar-refractivity contribution < 1.29 is 9.53 Å². The van der Waals surface area contributed by atoms with Gasteiger partial charge in [-0.1, -0.05) is 18.2 Å². The van der Waals surface area contributed by atoms with Gasteiger partial charge in [-0.15, -0.1) is 0 Å². The van der Waals surface area contributed by atoms with Gasteiger partial charge in [0.05, 0.1) is 12.3 Å². The SMILES string of the molecule is Cc1nn(COCCS(C)(C)C)c(C)c1-c1ccc(NC(=O)C(c2n[nH]c(Cc3cccnc3)n2)C(C2CC2)C2CC2)cc1. The van der Waals surface area contributed by atoms with E-state index in [0.29, 0.717) is 30.8 Å². The molecule has 1 aromatic carbocycles. The number of hydrogen-bond donors (Lipinski definition) is 2. The maximum Gasteiger partial charge on any atom is 0.235 e. The number of nitrogens with one attached hydrogen (secondary N) is 2. The fraction of sp³-hybridized carbons (Fsp3) is 0.500. The molecule has 0 spiro atoms. The topological polar surface area (TPSA) is 111 Å². The summed E-state index contributed by atoms with van der Waals surface area (Å²) in [6, 6.07) is 12.0. The molecule has 1 unspecified atom stereocenters. The van der Waals surface area contributed by atoms with Crippen LogP contribution >= 0.6 is 10.0 Å². The van der Waals surface area contributed by atoms with Crippen molar-refractivity contribution >= 4 is 21.6 Å². The number of hydrogen-bond acceptors (Lipinski definition) is 6. The normalized spacial score (nSPS) is 16.3. The van der Waals surface area contributed by atoms with Crippen LogP contribution in [0.15, 0.2) is 48.8 Å². The minimum atomic E-state index is -0.582. The number of ether oxygens (including phenoxy) is 1. The van der Waals surface area contributed by atoms with E-state index in [-0.39, 0.29) is 17.7 Å². The number of pyridine rings is 1. The van der Waals surface area contributed by atoms with Crippen molar-refractivity contribution in [3.8, 4) is 11.1 Å². The third kappa shape index (κ3) is 7.41. The first-order valence-electron chi connectivity index (χ1n) is 15.7. The summed E-state index contributed by atoms with van der Waals surface area (Å²) in [4.78, 5) is 23.1. The molecule has 6 rings (SSSR count). The van der Waals surface area contributed by atoms with Gasteiger partial charge < -0.3 is 10.1 Å². The van der Waals surface area contributed by atoms with Crippen LogP contribution in [0.1, 0.15) is 60.2 Å². The van der Waals surface area contributed by atoms with Gasteiger partial charge in [-0.25, -0.2) is 19.7 Å². The van der Waals surface area contributed by atoms with E-state index in [1.165, 1.54) is 25.7 Å². The highest BCUT2D eigenvalue weighted by Crippen LogP contribution is 2.54. The van der Waals surface area contributed by atoms with E-state index in [2.05, 4.69) is 58.3 Å². The number of aryl methyl sites for hydroxylation is 1. The van der Waals surface area contributed by atoms with Gasteiger partial charge in [0.2, 0.25) is 5.91 Å². The lowest BCUT2D eigenvalue weighted by Crippen LogP contribution is -2.31. The van der Waals surface area contributed by atoms with Crippen molar-refractivity contribution in [1.82, 2.24) is 29.9 Å². The van der Waals surface area contributed by atoms with Crippen molar-refractivity contribution in [3.63, 3.8) is 0 Å². The molecule has 1 amide bonds. The summed E-state index contributed by atoms with van der Waals surface area (Å²) >= 11 is 0. The third-order valence-corrected chi connectivity index (χ3v) is 10.2. The summed E-state index contributed by atoms with van der Waals surface area (Å²) in [5.41, 5.74) is 6.05. The van der Waals surface area contributed by atoms with Crippen LogP contribution in [0.2, 0.25) is 0 Å². The predicted molar refractivity (Wildman–Crippen MR) is 177 cm³/mol. The summed E-state index contributed by atoms with van der Waals surface area (Å²) in [6.07, 6.45) is 15.8. The highest BCUT2D eigenvalue weighted by molar-refractivity contribution is 8.32. The highest BCUT2D eigenvalue weighted by Gasteiger charge is 2.49. The molecule has 0 saturated heterocycles. The van der Waals surface area contributed by atoms with E-state index in [1.54, 1.807) is 6.20 Å². The summed E-state index contributed by atoms with van der Waals surface area (Å²) in [6.45, 7) is 5.31. The van der Waals surface area contributed by atoms with E-state index < -0.39 is 10.0 Å². The summed E-state index contributed by atoms with van der Waals surface area (Å²) in [5.74, 6) is 3.46. The zero-order valence-electron chi connectivity index (χ0n) is 26.5. The van der Waals surface area contributed by atoms with Gasteiger partial charge in [-0.2, -0.15) is 10.2 Å². The number of carbonyl (C=O) groups excluding carboxylic acids is 1. The second-order valence-corrected chi connectivity index (χ2v) is 17.9. The Hall–Kier alpha value is -3.50. The molecule has 9 nitrogen and oxygen atoms in total. The van der Waals surface area contributed by atoms with Crippen LogP contribution in [0.25, 0.3) is 11.1 Å². The minimum Gasteiger partial charge on any atom is -0.358 e. The van der Waals surface area contributed by atoms with Crippen LogP contribution in [0.4, 0.5) is 5.69 Å². The molecule has 0 radical (unpaired) electrons. The number of H-pyrrole nitrogens is 1. The van der Waals surface area contributed by atoms with Crippen LogP contribution in [-0.4, -0.2) is 67.0 Å². The Kier molecular flexibility index (Phi) is 8.91. The molecule has 44 heavy (non-hydrogen) atoms. The molecule has 3 heterocycles. The van der Waals surface area contributed by atoms with E-state index in [4.69, 9.17) is 14.8 Å². The average molecular weight is 616 g/mol. The molecule has 3 aromatic heterocycles. The number of benzene rings is 1.